The zero-order valence-electron chi connectivity index (χ0n) is 9.55. The molecule has 0 amide bonds. The Hall–Kier alpha value is 0.140. The van der Waals surface area contributed by atoms with E-state index in [2.05, 4.69) is 68.1 Å². The standard InChI is InChI=1S/C13H17Br2N/c1-16(10-13(9-14)6-7-13)8-11-2-4-12(15)5-3-11/h2-5H,6-10H2,1H3. The van der Waals surface area contributed by atoms with Gasteiger partial charge in [0.05, 0.1) is 0 Å². The molecule has 1 aromatic rings. The van der Waals surface area contributed by atoms with Crippen LogP contribution in [-0.4, -0.2) is 23.8 Å². The van der Waals surface area contributed by atoms with Crippen LogP contribution >= 0.6 is 31.9 Å². The van der Waals surface area contributed by atoms with Crippen molar-refractivity contribution in [1.82, 2.24) is 4.90 Å². The topological polar surface area (TPSA) is 3.24 Å². The molecule has 1 aliphatic carbocycles. The van der Waals surface area contributed by atoms with Crippen LogP contribution in [-0.2, 0) is 6.54 Å². The second kappa shape index (κ2) is 5.19. The lowest BCUT2D eigenvalue weighted by Crippen LogP contribution is -2.27. The Morgan fingerprint density at radius 3 is 2.38 bits per heavy atom. The number of rotatable bonds is 5. The summed E-state index contributed by atoms with van der Waals surface area (Å²) in [6, 6.07) is 8.60. The fraction of sp³-hybridized carbons (Fsp3) is 0.538. The predicted molar refractivity (Wildman–Crippen MR) is 75.9 cm³/mol. The highest BCUT2D eigenvalue weighted by atomic mass is 79.9. The molecule has 1 aromatic carbocycles. The molecule has 0 aromatic heterocycles. The molecular formula is C13H17Br2N. The zero-order valence-corrected chi connectivity index (χ0v) is 12.7. The van der Waals surface area contributed by atoms with Crippen molar-refractivity contribution >= 4 is 31.9 Å². The van der Waals surface area contributed by atoms with E-state index < -0.39 is 0 Å². The van der Waals surface area contributed by atoms with Crippen LogP contribution in [0.3, 0.4) is 0 Å². The van der Waals surface area contributed by atoms with Crippen LogP contribution in [0.2, 0.25) is 0 Å². The van der Waals surface area contributed by atoms with Gasteiger partial charge in [0.15, 0.2) is 0 Å². The summed E-state index contributed by atoms with van der Waals surface area (Å²) in [4.78, 5) is 2.43. The van der Waals surface area contributed by atoms with Crippen molar-refractivity contribution in [3.05, 3.63) is 34.3 Å². The Kier molecular flexibility index (Phi) is 4.09. The first-order chi connectivity index (χ1) is 7.63. The van der Waals surface area contributed by atoms with Gasteiger partial charge in [0, 0.05) is 22.9 Å². The Morgan fingerprint density at radius 2 is 1.88 bits per heavy atom. The normalized spacial score (nSPS) is 17.8. The smallest absolute Gasteiger partial charge is 0.0230 e. The average Bonchev–Trinajstić information content (AvgIpc) is 3.02. The highest BCUT2D eigenvalue weighted by molar-refractivity contribution is 9.10. The molecule has 0 bridgehead atoms. The molecule has 2 rings (SSSR count). The molecule has 3 heteroatoms. The van der Waals surface area contributed by atoms with Crippen LogP contribution in [0.15, 0.2) is 28.7 Å². The van der Waals surface area contributed by atoms with Crippen molar-refractivity contribution in [2.75, 3.05) is 18.9 Å². The molecule has 0 atom stereocenters. The second-order valence-electron chi connectivity index (χ2n) is 4.93. The number of hydrogen-bond donors (Lipinski definition) is 0. The molecule has 0 radical (unpaired) electrons. The summed E-state index contributed by atoms with van der Waals surface area (Å²) in [5.41, 5.74) is 1.96. The Bertz CT molecular complexity index is 343. The molecule has 0 heterocycles. The highest BCUT2D eigenvalue weighted by Gasteiger charge is 2.41. The van der Waals surface area contributed by atoms with Crippen molar-refractivity contribution < 1.29 is 0 Å². The molecule has 0 aliphatic heterocycles. The maximum absolute atomic E-state index is 3.62. The SMILES string of the molecule is CN(Cc1ccc(Br)cc1)CC1(CBr)CC1. The van der Waals surface area contributed by atoms with Crippen LogP contribution in [0.25, 0.3) is 0 Å². The van der Waals surface area contributed by atoms with Crippen LogP contribution in [0, 0.1) is 5.41 Å². The summed E-state index contributed by atoms with van der Waals surface area (Å²) in [6.07, 6.45) is 2.76. The Balaban J connectivity index is 1.87. The molecule has 0 unspecified atom stereocenters. The Morgan fingerprint density at radius 1 is 1.25 bits per heavy atom. The minimum atomic E-state index is 0.574. The number of alkyl halides is 1. The summed E-state index contributed by atoms with van der Waals surface area (Å²) < 4.78 is 1.15. The van der Waals surface area contributed by atoms with Crippen LogP contribution in [0.1, 0.15) is 18.4 Å². The second-order valence-corrected chi connectivity index (χ2v) is 6.41. The minimum absolute atomic E-state index is 0.574. The van der Waals surface area contributed by atoms with Gasteiger partial charge in [-0.3, -0.25) is 0 Å². The maximum atomic E-state index is 3.62. The van der Waals surface area contributed by atoms with Crippen molar-refractivity contribution in [2.45, 2.75) is 19.4 Å². The molecule has 0 N–H and O–H groups in total. The van der Waals surface area contributed by atoms with Gasteiger partial charge in [0.2, 0.25) is 0 Å². The number of halogens is 2. The fourth-order valence-electron chi connectivity index (χ4n) is 2.04. The summed E-state index contributed by atoms with van der Waals surface area (Å²) in [5, 5.41) is 1.14. The molecule has 88 valence electrons. The van der Waals surface area contributed by atoms with Gasteiger partial charge in [0.1, 0.15) is 0 Å². The van der Waals surface area contributed by atoms with E-state index in [0.29, 0.717) is 5.41 Å². The molecule has 1 nitrogen and oxygen atoms in total. The van der Waals surface area contributed by atoms with E-state index in [1.807, 2.05) is 0 Å². The summed E-state index contributed by atoms with van der Waals surface area (Å²) >= 11 is 7.09. The quantitative estimate of drug-likeness (QED) is 0.727. The molecule has 0 saturated heterocycles. The van der Waals surface area contributed by atoms with Gasteiger partial charge in [-0.1, -0.05) is 44.0 Å². The predicted octanol–water partition coefficient (Wildman–Crippen LogP) is 4.06. The third-order valence-corrected chi connectivity index (χ3v) is 4.93. The summed E-state index contributed by atoms with van der Waals surface area (Å²) in [6.45, 7) is 2.25. The zero-order chi connectivity index (χ0) is 11.6. The third kappa shape index (κ3) is 3.31. The van der Waals surface area contributed by atoms with E-state index >= 15 is 0 Å². The van der Waals surface area contributed by atoms with Crippen LogP contribution in [0.5, 0.6) is 0 Å². The van der Waals surface area contributed by atoms with E-state index in [4.69, 9.17) is 0 Å². The lowest BCUT2D eigenvalue weighted by atomic mass is 10.1. The minimum Gasteiger partial charge on any atom is -0.302 e. The van der Waals surface area contributed by atoms with Crippen LogP contribution < -0.4 is 0 Å². The van der Waals surface area contributed by atoms with Gasteiger partial charge in [-0.05, 0) is 43.0 Å². The van der Waals surface area contributed by atoms with Crippen LogP contribution in [0.4, 0.5) is 0 Å². The number of benzene rings is 1. The number of hydrogen-bond acceptors (Lipinski definition) is 1. The van der Waals surface area contributed by atoms with E-state index in [0.717, 1.165) is 16.3 Å². The average molecular weight is 347 g/mol. The van der Waals surface area contributed by atoms with Crippen molar-refractivity contribution in [3.63, 3.8) is 0 Å². The van der Waals surface area contributed by atoms with Crippen molar-refractivity contribution in [3.8, 4) is 0 Å². The lowest BCUT2D eigenvalue weighted by molar-refractivity contribution is 0.271. The first-order valence-electron chi connectivity index (χ1n) is 5.63. The van der Waals surface area contributed by atoms with Gasteiger partial charge in [-0.25, -0.2) is 0 Å². The lowest BCUT2D eigenvalue weighted by Gasteiger charge is -2.22. The van der Waals surface area contributed by atoms with Gasteiger partial charge in [-0.2, -0.15) is 0 Å². The first-order valence-corrected chi connectivity index (χ1v) is 7.54. The molecule has 1 aliphatic rings. The summed E-state index contributed by atoms with van der Waals surface area (Å²) in [7, 11) is 2.21. The summed E-state index contributed by atoms with van der Waals surface area (Å²) in [5.74, 6) is 0. The van der Waals surface area contributed by atoms with E-state index in [1.54, 1.807) is 0 Å². The van der Waals surface area contributed by atoms with E-state index in [1.165, 1.54) is 24.9 Å². The van der Waals surface area contributed by atoms with Gasteiger partial charge < -0.3 is 4.90 Å². The molecular weight excluding hydrogens is 330 g/mol. The van der Waals surface area contributed by atoms with Crippen molar-refractivity contribution in [2.24, 2.45) is 5.41 Å². The Labute approximate surface area is 114 Å². The first kappa shape index (κ1) is 12.6. The molecule has 1 fully saturated rings. The number of nitrogens with zero attached hydrogens (tertiary/aromatic N) is 1. The maximum Gasteiger partial charge on any atom is 0.0230 e. The third-order valence-electron chi connectivity index (χ3n) is 3.21. The largest absolute Gasteiger partial charge is 0.302 e. The van der Waals surface area contributed by atoms with Gasteiger partial charge in [0.25, 0.3) is 0 Å². The van der Waals surface area contributed by atoms with Gasteiger partial charge >= 0.3 is 0 Å². The monoisotopic (exact) mass is 345 g/mol. The van der Waals surface area contributed by atoms with Crippen molar-refractivity contribution in [1.29, 1.82) is 0 Å². The molecule has 1 saturated carbocycles. The molecule has 0 spiro atoms. The van der Waals surface area contributed by atoms with E-state index in [9.17, 15) is 0 Å². The fourth-order valence-corrected chi connectivity index (χ4v) is 3.04. The van der Waals surface area contributed by atoms with Gasteiger partial charge in [-0.15, -0.1) is 0 Å². The molecule has 16 heavy (non-hydrogen) atoms. The van der Waals surface area contributed by atoms with E-state index in [-0.39, 0.29) is 0 Å². The highest BCUT2D eigenvalue weighted by Crippen LogP contribution is 2.47.